The first-order chi connectivity index (χ1) is 5.81. The Kier molecular flexibility index (Phi) is 1.71. The Labute approximate surface area is 71.1 Å². The van der Waals surface area contributed by atoms with E-state index in [1.807, 2.05) is 7.05 Å². The van der Waals surface area contributed by atoms with Crippen molar-refractivity contribution >= 4 is 5.95 Å². The summed E-state index contributed by atoms with van der Waals surface area (Å²) in [5, 5.41) is 14.4. The molecule has 0 amide bonds. The summed E-state index contributed by atoms with van der Waals surface area (Å²) < 4.78 is 1.66. The molecule has 0 spiro atoms. The van der Waals surface area contributed by atoms with E-state index in [0.717, 1.165) is 11.9 Å². The van der Waals surface area contributed by atoms with Crippen molar-refractivity contribution < 1.29 is 0 Å². The third-order valence-corrected chi connectivity index (χ3v) is 2.38. The molecular weight excluding hydrogens is 154 g/mol. The lowest BCUT2D eigenvalue weighted by molar-refractivity contribution is 0.707. The van der Waals surface area contributed by atoms with Crippen LogP contribution in [0.5, 0.6) is 0 Å². The fourth-order valence-electron chi connectivity index (χ4n) is 1.39. The number of aryl methyl sites for hydroxylation is 1. The molecule has 1 aromatic heterocycles. The zero-order valence-electron chi connectivity index (χ0n) is 7.36. The largest absolute Gasteiger partial charge is 0.350 e. The lowest BCUT2D eigenvalue weighted by Crippen LogP contribution is -2.09. The molecule has 2 atom stereocenters. The van der Waals surface area contributed by atoms with Crippen LogP contribution in [0.4, 0.5) is 5.95 Å². The quantitative estimate of drug-likeness (QED) is 0.709. The standard InChI is InChI=1S/C7H13N5/c1-3-5-4-6(5)8-7-9-10-11-12(7)2/h5-6H,3-4H2,1-2H3,(H,8,9,11). The van der Waals surface area contributed by atoms with E-state index >= 15 is 0 Å². The number of tetrazole rings is 1. The molecule has 0 aromatic carbocycles. The van der Waals surface area contributed by atoms with Gasteiger partial charge in [0.25, 0.3) is 0 Å². The SMILES string of the molecule is CCC1CC1Nc1nnnn1C. The van der Waals surface area contributed by atoms with Crippen molar-refractivity contribution in [1.82, 2.24) is 20.2 Å². The van der Waals surface area contributed by atoms with Crippen molar-refractivity contribution in [2.24, 2.45) is 13.0 Å². The normalized spacial score (nSPS) is 27.2. The van der Waals surface area contributed by atoms with Crippen molar-refractivity contribution in [3.63, 3.8) is 0 Å². The molecule has 5 heteroatoms. The van der Waals surface area contributed by atoms with E-state index in [1.54, 1.807) is 4.68 Å². The Morgan fingerprint density at radius 3 is 3.00 bits per heavy atom. The van der Waals surface area contributed by atoms with Crippen LogP contribution in [-0.2, 0) is 7.05 Å². The number of anilines is 1. The van der Waals surface area contributed by atoms with Crippen LogP contribution in [0.1, 0.15) is 19.8 Å². The minimum atomic E-state index is 0.597. The summed E-state index contributed by atoms with van der Waals surface area (Å²) in [6, 6.07) is 0.597. The molecule has 1 fully saturated rings. The van der Waals surface area contributed by atoms with Gasteiger partial charge in [-0.05, 0) is 22.8 Å². The molecule has 66 valence electrons. The summed E-state index contributed by atoms with van der Waals surface area (Å²) >= 11 is 0. The summed E-state index contributed by atoms with van der Waals surface area (Å²) in [7, 11) is 1.84. The Hall–Kier alpha value is -1.13. The third kappa shape index (κ3) is 1.26. The first kappa shape index (κ1) is 7.52. The van der Waals surface area contributed by atoms with Gasteiger partial charge in [-0.2, -0.15) is 0 Å². The second-order valence-corrected chi connectivity index (χ2v) is 3.28. The van der Waals surface area contributed by atoms with E-state index in [0.29, 0.717) is 6.04 Å². The second-order valence-electron chi connectivity index (χ2n) is 3.28. The van der Waals surface area contributed by atoms with Gasteiger partial charge in [0, 0.05) is 13.1 Å². The highest BCUT2D eigenvalue weighted by Crippen LogP contribution is 2.35. The summed E-state index contributed by atoms with van der Waals surface area (Å²) in [5.41, 5.74) is 0. The van der Waals surface area contributed by atoms with Crippen molar-refractivity contribution in [2.45, 2.75) is 25.8 Å². The highest BCUT2D eigenvalue weighted by Gasteiger charge is 2.36. The second kappa shape index (κ2) is 2.73. The van der Waals surface area contributed by atoms with E-state index in [-0.39, 0.29) is 0 Å². The van der Waals surface area contributed by atoms with Gasteiger partial charge in [0.1, 0.15) is 0 Å². The van der Waals surface area contributed by atoms with Gasteiger partial charge in [-0.1, -0.05) is 18.4 Å². The summed E-state index contributed by atoms with van der Waals surface area (Å²) in [6.07, 6.45) is 2.49. The Morgan fingerprint density at radius 1 is 1.67 bits per heavy atom. The maximum Gasteiger partial charge on any atom is 0.242 e. The summed E-state index contributed by atoms with van der Waals surface area (Å²) in [6.45, 7) is 2.21. The maximum atomic E-state index is 3.86. The number of aromatic nitrogens is 4. The molecule has 1 aliphatic rings. The van der Waals surface area contributed by atoms with Gasteiger partial charge in [-0.3, -0.25) is 0 Å². The molecule has 2 unspecified atom stereocenters. The van der Waals surface area contributed by atoms with Crippen LogP contribution in [0.15, 0.2) is 0 Å². The van der Waals surface area contributed by atoms with Gasteiger partial charge in [0.05, 0.1) is 0 Å². The van der Waals surface area contributed by atoms with E-state index in [9.17, 15) is 0 Å². The van der Waals surface area contributed by atoms with Gasteiger partial charge in [0.15, 0.2) is 0 Å². The summed E-state index contributed by atoms with van der Waals surface area (Å²) in [5.74, 6) is 1.60. The van der Waals surface area contributed by atoms with Gasteiger partial charge in [-0.25, -0.2) is 4.68 Å². The van der Waals surface area contributed by atoms with Crippen LogP contribution in [0.2, 0.25) is 0 Å². The predicted molar refractivity (Wildman–Crippen MR) is 44.6 cm³/mol. The predicted octanol–water partition coefficient (Wildman–Crippen LogP) is 0.420. The molecule has 2 rings (SSSR count). The van der Waals surface area contributed by atoms with Gasteiger partial charge in [-0.15, -0.1) is 0 Å². The van der Waals surface area contributed by atoms with Gasteiger partial charge < -0.3 is 5.32 Å². The number of hydrogen-bond donors (Lipinski definition) is 1. The first-order valence-corrected chi connectivity index (χ1v) is 4.30. The number of nitrogens with zero attached hydrogens (tertiary/aromatic N) is 4. The minimum absolute atomic E-state index is 0.597. The van der Waals surface area contributed by atoms with Crippen LogP contribution < -0.4 is 5.32 Å². The van der Waals surface area contributed by atoms with E-state index in [4.69, 9.17) is 0 Å². The lowest BCUT2D eigenvalue weighted by Gasteiger charge is -2.00. The van der Waals surface area contributed by atoms with E-state index < -0.39 is 0 Å². The number of nitrogens with one attached hydrogen (secondary N) is 1. The zero-order chi connectivity index (χ0) is 8.55. The summed E-state index contributed by atoms with van der Waals surface area (Å²) in [4.78, 5) is 0. The molecule has 12 heavy (non-hydrogen) atoms. The number of hydrogen-bond acceptors (Lipinski definition) is 4. The molecular formula is C7H13N5. The van der Waals surface area contributed by atoms with Gasteiger partial charge >= 0.3 is 0 Å². The third-order valence-electron chi connectivity index (χ3n) is 2.38. The van der Waals surface area contributed by atoms with Crippen LogP contribution in [0.25, 0.3) is 0 Å². The topological polar surface area (TPSA) is 55.6 Å². The van der Waals surface area contributed by atoms with Crippen molar-refractivity contribution in [1.29, 1.82) is 0 Å². The molecule has 0 saturated heterocycles. The average molecular weight is 167 g/mol. The molecule has 1 aliphatic carbocycles. The van der Waals surface area contributed by atoms with Crippen LogP contribution >= 0.6 is 0 Å². The molecule has 1 N–H and O–H groups in total. The fourth-order valence-corrected chi connectivity index (χ4v) is 1.39. The zero-order valence-corrected chi connectivity index (χ0v) is 7.36. The lowest BCUT2D eigenvalue weighted by atomic mass is 10.3. The Morgan fingerprint density at radius 2 is 2.50 bits per heavy atom. The molecule has 1 saturated carbocycles. The highest BCUT2D eigenvalue weighted by molar-refractivity contribution is 5.27. The average Bonchev–Trinajstić information content (AvgIpc) is 2.70. The van der Waals surface area contributed by atoms with E-state index in [2.05, 4.69) is 27.8 Å². The number of rotatable bonds is 3. The van der Waals surface area contributed by atoms with Crippen LogP contribution in [0, 0.1) is 5.92 Å². The van der Waals surface area contributed by atoms with Crippen molar-refractivity contribution in [3.8, 4) is 0 Å². The van der Waals surface area contributed by atoms with E-state index in [1.165, 1.54) is 12.8 Å². The molecule has 5 nitrogen and oxygen atoms in total. The fraction of sp³-hybridized carbons (Fsp3) is 0.857. The smallest absolute Gasteiger partial charge is 0.242 e. The van der Waals surface area contributed by atoms with Crippen molar-refractivity contribution in [2.75, 3.05) is 5.32 Å². The van der Waals surface area contributed by atoms with Crippen LogP contribution in [0.3, 0.4) is 0 Å². The molecule has 1 heterocycles. The van der Waals surface area contributed by atoms with Crippen molar-refractivity contribution in [3.05, 3.63) is 0 Å². The molecule has 0 radical (unpaired) electrons. The monoisotopic (exact) mass is 167 g/mol. The maximum absolute atomic E-state index is 3.86. The Bertz CT molecular complexity index is 269. The van der Waals surface area contributed by atoms with Crippen LogP contribution in [-0.4, -0.2) is 26.2 Å². The van der Waals surface area contributed by atoms with Gasteiger partial charge in [0.2, 0.25) is 5.95 Å². The molecule has 0 bridgehead atoms. The minimum Gasteiger partial charge on any atom is -0.350 e. The molecule has 0 aliphatic heterocycles. The molecule has 1 aromatic rings. The first-order valence-electron chi connectivity index (χ1n) is 4.30. The highest BCUT2D eigenvalue weighted by atomic mass is 15.6. The Balaban J connectivity index is 1.93.